The Morgan fingerprint density at radius 2 is 1.69 bits per heavy atom. The first kappa shape index (κ1) is 23.3. The van der Waals surface area contributed by atoms with Crippen molar-refractivity contribution >= 4 is 28.6 Å². The maximum atomic E-state index is 10.5. The summed E-state index contributed by atoms with van der Waals surface area (Å²) < 4.78 is 7.21. The largest absolute Gasteiger partial charge is 0.394 e. The van der Waals surface area contributed by atoms with Gasteiger partial charge in [0.05, 0.1) is 18.3 Å². The molecule has 0 aliphatic carbocycles. The van der Waals surface area contributed by atoms with Crippen LogP contribution in [-0.4, -0.2) is 72.8 Å². The third-order valence-electron chi connectivity index (χ3n) is 7.32. The summed E-state index contributed by atoms with van der Waals surface area (Å²) in [5, 5.41) is 30.2. The van der Waals surface area contributed by atoms with Crippen LogP contribution in [0.1, 0.15) is 22.9 Å². The molecule has 0 amide bonds. The minimum Gasteiger partial charge on any atom is -0.394 e. The summed E-state index contributed by atoms with van der Waals surface area (Å²) in [6.45, 7) is 3.00. The number of aliphatic hydroxyl groups excluding tert-OH is 3. The summed E-state index contributed by atoms with van der Waals surface area (Å²) in [5.41, 5.74) is 4.33. The van der Waals surface area contributed by atoms with E-state index in [0.29, 0.717) is 30.1 Å². The average Bonchev–Trinajstić information content (AvgIpc) is 3.40. The second kappa shape index (κ2) is 8.79. The Morgan fingerprint density at radius 1 is 1.00 bits per heavy atom. The highest BCUT2D eigenvalue weighted by molar-refractivity contribution is 6.28. The van der Waals surface area contributed by atoms with Crippen molar-refractivity contribution in [2.24, 2.45) is 0 Å². The summed E-state index contributed by atoms with van der Waals surface area (Å²) in [5.74, 6) is 0.592. The van der Waals surface area contributed by atoms with Crippen molar-refractivity contribution in [3.63, 3.8) is 0 Å². The van der Waals surface area contributed by atoms with E-state index in [4.69, 9.17) is 16.3 Å². The minimum atomic E-state index is -1.26. The van der Waals surface area contributed by atoms with Gasteiger partial charge in [-0.3, -0.25) is 4.57 Å². The van der Waals surface area contributed by atoms with Gasteiger partial charge in [0.15, 0.2) is 23.2 Å². The van der Waals surface area contributed by atoms with E-state index in [1.165, 1.54) is 27.6 Å². The molecular formula is C26H26ClN5O4. The molecule has 2 saturated heterocycles. The van der Waals surface area contributed by atoms with Gasteiger partial charge in [0.2, 0.25) is 5.28 Å². The molecule has 2 fully saturated rings. The number of hydrogen-bond donors (Lipinski definition) is 3. The molecule has 10 heteroatoms. The van der Waals surface area contributed by atoms with Crippen LogP contribution in [0.25, 0.3) is 11.2 Å². The fourth-order valence-electron chi connectivity index (χ4n) is 5.31. The van der Waals surface area contributed by atoms with Crippen molar-refractivity contribution in [3.05, 3.63) is 82.9 Å². The minimum absolute atomic E-state index is 0.0403. The molecule has 0 bridgehead atoms. The van der Waals surface area contributed by atoms with Crippen molar-refractivity contribution < 1.29 is 20.1 Å². The highest BCUT2D eigenvalue weighted by Gasteiger charge is 2.48. The SMILES string of the molecule is Cc1ccc(C2(c3ccccc3)CN(c3nc(Cl)nc4c3ncn4[C@@H]3O[C@H](CO)C(O)C3O)C2)cc1. The summed E-state index contributed by atoms with van der Waals surface area (Å²) >= 11 is 6.35. The third-order valence-corrected chi connectivity index (χ3v) is 7.49. The van der Waals surface area contributed by atoms with Crippen LogP contribution in [0.3, 0.4) is 0 Å². The first-order chi connectivity index (χ1) is 17.4. The van der Waals surface area contributed by atoms with Gasteiger partial charge in [0.25, 0.3) is 0 Å². The highest BCUT2D eigenvalue weighted by Crippen LogP contribution is 2.44. The number of benzene rings is 2. The Bertz CT molecular complexity index is 1390. The molecule has 2 aromatic carbocycles. The molecule has 2 aliphatic heterocycles. The second-order valence-corrected chi connectivity index (χ2v) is 9.88. The molecule has 0 radical (unpaired) electrons. The van der Waals surface area contributed by atoms with E-state index in [1.54, 1.807) is 0 Å². The Hall–Kier alpha value is -3.08. The molecule has 186 valence electrons. The van der Waals surface area contributed by atoms with E-state index >= 15 is 0 Å². The van der Waals surface area contributed by atoms with Crippen molar-refractivity contribution in [1.29, 1.82) is 0 Å². The fraction of sp³-hybridized carbons (Fsp3) is 0.346. The van der Waals surface area contributed by atoms with Gasteiger partial charge >= 0.3 is 0 Å². The first-order valence-electron chi connectivity index (χ1n) is 11.8. The van der Waals surface area contributed by atoms with Gasteiger partial charge in [-0.25, -0.2) is 4.98 Å². The van der Waals surface area contributed by atoms with Crippen LogP contribution >= 0.6 is 11.6 Å². The predicted molar refractivity (Wildman–Crippen MR) is 134 cm³/mol. The number of ether oxygens (including phenoxy) is 1. The number of hydrogen-bond acceptors (Lipinski definition) is 8. The van der Waals surface area contributed by atoms with Gasteiger partial charge in [-0.15, -0.1) is 0 Å². The Balaban J connectivity index is 1.38. The van der Waals surface area contributed by atoms with Gasteiger partial charge in [0.1, 0.15) is 18.3 Å². The summed E-state index contributed by atoms with van der Waals surface area (Å²) in [6, 6.07) is 19.0. The molecule has 9 nitrogen and oxygen atoms in total. The summed E-state index contributed by atoms with van der Waals surface area (Å²) in [7, 11) is 0. The van der Waals surface area contributed by atoms with Crippen molar-refractivity contribution in [3.8, 4) is 0 Å². The molecule has 36 heavy (non-hydrogen) atoms. The number of anilines is 1. The van der Waals surface area contributed by atoms with Crippen LogP contribution < -0.4 is 4.90 Å². The molecule has 0 spiro atoms. The highest BCUT2D eigenvalue weighted by atomic mass is 35.5. The molecule has 2 aliphatic rings. The van der Waals surface area contributed by atoms with Crippen molar-refractivity contribution in [2.75, 3.05) is 24.6 Å². The number of aromatic nitrogens is 4. The van der Waals surface area contributed by atoms with Crippen LogP contribution in [-0.2, 0) is 10.2 Å². The number of fused-ring (bicyclic) bond motifs is 1. The number of halogens is 1. The quantitative estimate of drug-likeness (QED) is 0.352. The maximum Gasteiger partial charge on any atom is 0.226 e. The number of rotatable bonds is 5. The van der Waals surface area contributed by atoms with E-state index in [0.717, 1.165) is 0 Å². The van der Waals surface area contributed by atoms with Crippen LogP contribution in [0.2, 0.25) is 5.28 Å². The van der Waals surface area contributed by atoms with Crippen molar-refractivity contribution in [1.82, 2.24) is 19.5 Å². The number of nitrogens with zero attached hydrogens (tertiary/aromatic N) is 5. The molecule has 0 saturated carbocycles. The Morgan fingerprint density at radius 3 is 2.36 bits per heavy atom. The maximum absolute atomic E-state index is 10.5. The van der Waals surface area contributed by atoms with E-state index in [2.05, 4.69) is 75.3 Å². The van der Waals surface area contributed by atoms with Crippen LogP contribution in [0, 0.1) is 6.92 Å². The monoisotopic (exact) mass is 507 g/mol. The van der Waals surface area contributed by atoms with Crippen molar-refractivity contribution in [2.45, 2.75) is 36.9 Å². The van der Waals surface area contributed by atoms with E-state index in [-0.39, 0.29) is 10.7 Å². The molecule has 3 N–H and O–H groups in total. The van der Waals surface area contributed by atoms with Crippen LogP contribution in [0.15, 0.2) is 60.9 Å². The standard InChI is InChI=1S/C26H26ClN5O4/c1-15-7-9-17(10-8-15)26(16-5-3-2-4-6-16)12-31(13-26)22-19-23(30-25(27)29-22)32(14-28-19)24-21(35)20(34)18(11-33)36-24/h2-10,14,18,20-21,24,33-35H,11-13H2,1H3/t18-,20?,21?,24-/m1/s1. The van der Waals surface area contributed by atoms with Crippen LogP contribution in [0.4, 0.5) is 5.82 Å². The van der Waals surface area contributed by atoms with Gasteiger partial charge in [-0.05, 0) is 29.7 Å². The van der Waals surface area contributed by atoms with Gasteiger partial charge in [0, 0.05) is 13.1 Å². The zero-order valence-electron chi connectivity index (χ0n) is 19.6. The lowest BCUT2D eigenvalue weighted by molar-refractivity contribution is -0.0511. The van der Waals surface area contributed by atoms with E-state index in [9.17, 15) is 15.3 Å². The number of aliphatic hydroxyl groups is 3. The first-order valence-corrected chi connectivity index (χ1v) is 12.2. The lowest BCUT2D eigenvalue weighted by Gasteiger charge is -2.51. The Kier molecular flexibility index (Phi) is 5.70. The normalized spacial score (nSPS) is 25.3. The Labute approximate surface area is 212 Å². The predicted octanol–water partition coefficient (Wildman–Crippen LogP) is 2.21. The lowest BCUT2D eigenvalue weighted by Crippen LogP contribution is -2.60. The molecular weight excluding hydrogens is 482 g/mol. The molecule has 6 rings (SSSR count). The van der Waals surface area contributed by atoms with Gasteiger partial charge in [-0.2, -0.15) is 9.97 Å². The van der Waals surface area contributed by atoms with E-state index < -0.39 is 31.1 Å². The average molecular weight is 508 g/mol. The topological polar surface area (TPSA) is 117 Å². The van der Waals surface area contributed by atoms with Gasteiger partial charge < -0.3 is 25.0 Å². The third kappa shape index (κ3) is 3.58. The fourth-order valence-corrected chi connectivity index (χ4v) is 5.47. The van der Waals surface area contributed by atoms with Gasteiger partial charge in [-0.1, -0.05) is 60.2 Å². The number of imidazole rings is 1. The van der Waals surface area contributed by atoms with E-state index in [1.807, 2.05) is 6.07 Å². The van der Waals surface area contributed by atoms with Crippen LogP contribution in [0.5, 0.6) is 0 Å². The second-order valence-electron chi connectivity index (χ2n) is 9.54. The smallest absolute Gasteiger partial charge is 0.226 e. The molecule has 2 unspecified atom stereocenters. The summed E-state index contributed by atoms with van der Waals surface area (Å²) in [6.07, 6.45) is -2.87. The molecule has 4 aromatic rings. The molecule has 4 heterocycles. The number of aryl methyl sites for hydroxylation is 1. The zero-order valence-corrected chi connectivity index (χ0v) is 20.3. The molecule has 2 aromatic heterocycles. The summed E-state index contributed by atoms with van der Waals surface area (Å²) in [4.78, 5) is 15.5. The molecule has 4 atom stereocenters. The lowest BCUT2D eigenvalue weighted by atomic mass is 9.68. The zero-order chi connectivity index (χ0) is 25.0.